The molecule has 0 fully saturated rings. The van der Waals surface area contributed by atoms with Gasteiger partial charge < -0.3 is 10.4 Å². The number of hydrogen-bond donors (Lipinski definition) is 2. The average molecular weight is 200 g/mol. The Bertz CT molecular complexity index is 261. The second-order valence-corrected chi connectivity index (χ2v) is 3.35. The minimum Gasteiger partial charge on any atom is -0.480 e. The van der Waals surface area contributed by atoms with Gasteiger partial charge in [-0.15, -0.1) is 11.3 Å². The highest BCUT2D eigenvalue weighted by Crippen LogP contribution is 2.04. The van der Waals surface area contributed by atoms with E-state index in [1.54, 1.807) is 5.51 Å². The molecule has 0 saturated heterocycles. The molecule has 1 rings (SSSR count). The Morgan fingerprint density at radius 1 is 1.85 bits per heavy atom. The molecule has 1 atom stereocenters. The Kier molecular flexibility index (Phi) is 3.85. The second kappa shape index (κ2) is 4.94. The van der Waals surface area contributed by atoms with E-state index >= 15 is 0 Å². The number of thiazole rings is 1. The van der Waals surface area contributed by atoms with Crippen molar-refractivity contribution in [2.75, 3.05) is 6.54 Å². The largest absolute Gasteiger partial charge is 0.480 e. The van der Waals surface area contributed by atoms with Crippen molar-refractivity contribution in [2.24, 2.45) is 0 Å². The standard InChI is InChI=1S/C8H12N2O2S/c1-2-9-7(8(11)12)3-6-4-13-5-10-6/h4-5,7,9H,2-3H2,1H3,(H,11,12). The van der Waals surface area contributed by atoms with Crippen LogP contribution >= 0.6 is 11.3 Å². The molecule has 4 nitrogen and oxygen atoms in total. The third-order valence-corrected chi connectivity index (χ3v) is 2.28. The SMILES string of the molecule is CCNC(Cc1cscn1)C(=O)O. The predicted octanol–water partition coefficient (Wildman–Crippen LogP) is 0.748. The summed E-state index contributed by atoms with van der Waals surface area (Å²) in [5, 5.41) is 13.6. The van der Waals surface area contributed by atoms with E-state index in [4.69, 9.17) is 5.11 Å². The van der Waals surface area contributed by atoms with E-state index in [9.17, 15) is 4.79 Å². The van der Waals surface area contributed by atoms with E-state index in [0.717, 1.165) is 5.69 Å². The Balaban J connectivity index is 2.52. The van der Waals surface area contributed by atoms with Crippen LogP contribution < -0.4 is 5.32 Å². The summed E-state index contributed by atoms with van der Waals surface area (Å²) in [7, 11) is 0. The maximum absolute atomic E-state index is 10.7. The van der Waals surface area contributed by atoms with Gasteiger partial charge in [0.1, 0.15) is 6.04 Å². The molecule has 0 spiro atoms. The van der Waals surface area contributed by atoms with Gasteiger partial charge >= 0.3 is 5.97 Å². The first kappa shape index (κ1) is 10.1. The van der Waals surface area contributed by atoms with Crippen molar-refractivity contribution in [3.8, 4) is 0 Å². The van der Waals surface area contributed by atoms with Gasteiger partial charge in [0, 0.05) is 11.8 Å². The van der Waals surface area contributed by atoms with Crippen LogP contribution in [0.1, 0.15) is 12.6 Å². The summed E-state index contributed by atoms with van der Waals surface area (Å²) < 4.78 is 0. The molecule has 1 aromatic heterocycles. The third kappa shape index (κ3) is 3.12. The first-order chi connectivity index (χ1) is 6.24. The predicted molar refractivity (Wildman–Crippen MR) is 50.9 cm³/mol. The molecule has 0 saturated carbocycles. The molecule has 0 bridgehead atoms. The molecular formula is C8H12N2O2S. The molecule has 13 heavy (non-hydrogen) atoms. The first-order valence-electron chi connectivity index (χ1n) is 4.07. The van der Waals surface area contributed by atoms with Crippen LogP contribution in [0.4, 0.5) is 0 Å². The lowest BCUT2D eigenvalue weighted by Crippen LogP contribution is -2.38. The quantitative estimate of drug-likeness (QED) is 0.736. The summed E-state index contributed by atoms with van der Waals surface area (Å²) in [5.74, 6) is -0.824. The number of carboxylic acids is 1. The molecule has 0 aromatic carbocycles. The van der Waals surface area contributed by atoms with Gasteiger partial charge in [-0.1, -0.05) is 6.92 Å². The molecule has 0 aliphatic heterocycles. The molecular weight excluding hydrogens is 188 g/mol. The molecule has 0 aliphatic carbocycles. The molecule has 5 heteroatoms. The Hall–Kier alpha value is -0.940. The van der Waals surface area contributed by atoms with Gasteiger partial charge in [0.05, 0.1) is 11.2 Å². The smallest absolute Gasteiger partial charge is 0.321 e. The van der Waals surface area contributed by atoms with Crippen LogP contribution in [-0.2, 0) is 11.2 Å². The van der Waals surface area contributed by atoms with E-state index < -0.39 is 12.0 Å². The summed E-state index contributed by atoms with van der Waals surface area (Å²) in [6.07, 6.45) is 0.451. The van der Waals surface area contributed by atoms with Gasteiger partial charge in [-0.3, -0.25) is 4.79 Å². The van der Waals surface area contributed by atoms with Crippen molar-refractivity contribution in [1.29, 1.82) is 0 Å². The van der Waals surface area contributed by atoms with E-state index in [-0.39, 0.29) is 0 Å². The van der Waals surface area contributed by atoms with Crippen LogP contribution in [0.15, 0.2) is 10.9 Å². The van der Waals surface area contributed by atoms with Gasteiger partial charge in [-0.2, -0.15) is 0 Å². The van der Waals surface area contributed by atoms with Gasteiger partial charge in [-0.05, 0) is 6.54 Å². The van der Waals surface area contributed by atoms with E-state index in [1.165, 1.54) is 11.3 Å². The van der Waals surface area contributed by atoms with Crippen LogP contribution in [0.2, 0.25) is 0 Å². The van der Waals surface area contributed by atoms with E-state index in [1.807, 2.05) is 12.3 Å². The average Bonchev–Trinajstić information content (AvgIpc) is 2.56. The van der Waals surface area contributed by atoms with Crippen LogP contribution in [0, 0.1) is 0 Å². The lowest BCUT2D eigenvalue weighted by atomic mass is 10.2. The Labute approximate surface area is 80.6 Å². The lowest BCUT2D eigenvalue weighted by Gasteiger charge is -2.10. The second-order valence-electron chi connectivity index (χ2n) is 2.63. The molecule has 1 heterocycles. The zero-order chi connectivity index (χ0) is 9.68. The maximum Gasteiger partial charge on any atom is 0.321 e. The highest BCUT2D eigenvalue weighted by atomic mass is 32.1. The molecule has 72 valence electrons. The fourth-order valence-corrected chi connectivity index (χ4v) is 1.61. The summed E-state index contributed by atoms with van der Waals surface area (Å²) in [6, 6.07) is -0.521. The number of likely N-dealkylation sites (N-methyl/N-ethyl adjacent to an activating group) is 1. The van der Waals surface area contributed by atoms with Crippen LogP contribution in [0.5, 0.6) is 0 Å². The lowest BCUT2D eigenvalue weighted by molar-refractivity contribution is -0.139. The van der Waals surface area contributed by atoms with Crippen molar-refractivity contribution in [1.82, 2.24) is 10.3 Å². The monoisotopic (exact) mass is 200 g/mol. The fourth-order valence-electron chi connectivity index (χ4n) is 1.04. The summed E-state index contributed by atoms with van der Waals surface area (Å²) in [4.78, 5) is 14.8. The minimum atomic E-state index is -0.824. The van der Waals surface area contributed by atoms with Crippen molar-refractivity contribution in [3.05, 3.63) is 16.6 Å². The number of nitrogens with one attached hydrogen (secondary N) is 1. The molecule has 0 amide bonds. The zero-order valence-corrected chi connectivity index (χ0v) is 8.17. The van der Waals surface area contributed by atoms with Crippen molar-refractivity contribution >= 4 is 17.3 Å². The number of rotatable bonds is 5. The Morgan fingerprint density at radius 2 is 2.62 bits per heavy atom. The van der Waals surface area contributed by atoms with E-state index in [2.05, 4.69) is 10.3 Å². The molecule has 0 radical (unpaired) electrons. The number of nitrogens with zero attached hydrogens (tertiary/aromatic N) is 1. The number of aromatic nitrogens is 1. The fraction of sp³-hybridized carbons (Fsp3) is 0.500. The van der Waals surface area contributed by atoms with Gasteiger partial charge in [0.2, 0.25) is 0 Å². The molecule has 2 N–H and O–H groups in total. The van der Waals surface area contributed by atoms with Gasteiger partial charge in [0.15, 0.2) is 0 Å². The number of carboxylic acid groups (broad SMARTS) is 1. The molecule has 1 aromatic rings. The molecule has 0 aliphatic rings. The topological polar surface area (TPSA) is 62.2 Å². The highest BCUT2D eigenvalue weighted by molar-refractivity contribution is 7.07. The van der Waals surface area contributed by atoms with Crippen molar-refractivity contribution in [3.63, 3.8) is 0 Å². The van der Waals surface area contributed by atoms with Crippen molar-refractivity contribution in [2.45, 2.75) is 19.4 Å². The number of carbonyl (C=O) groups is 1. The van der Waals surface area contributed by atoms with Crippen LogP contribution in [0.25, 0.3) is 0 Å². The van der Waals surface area contributed by atoms with Crippen LogP contribution in [0.3, 0.4) is 0 Å². The zero-order valence-electron chi connectivity index (χ0n) is 7.36. The summed E-state index contributed by atoms with van der Waals surface area (Å²) >= 11 is 1.48. The number of hydrogen-bond acceptors (Lipinski definition) is 4. The van der Waals surface area contributed by atoms with Gasteiger partial charge in [-0.25, -0.2) is 4.98 Å². The summed E-state index contributed by atoms with van der Waals surface area (Å²) in [5.41, 5.74) is 2.54. The number of aliphatic carboxylic acids is 1. The maximum atomic E-state index is 10.7. The van der Waals surface area contributed by atoms with Crippen molar-refractivity contribution < 1.29 is 9.90 Å². The van der Waals surface area contributed by atoms with Gasteiger partial charge in [0.25, 0.3) is 0 Å². The highest BCUT2D eigenvalue weighted by Gasteiger charge is 2.16. The first-order valence-corrected chi connectivity index (χ1v) is 5.01. The molecule has 1 unspecified atom stereocenters. The Morgan fingerprint density at radius 3 is 3.08 bits per heavy atom. The van der Waals surface area contributed by atoms with E-state index in [0.29, 0.717) is 13.0 Å². The minimum absolute atomic E-state index is 0.451. The third-order valence-electron chi connectivity index (χ3n) is 1.65. The summed E-state index contributed by atoms with van der Waals surface area (Å²) in [6.45, 7) is 2.54. The normalized spacial score (nSPS) is 12.7. The van der Waals surface area contributed by atoms with Crippen LogP contribution in [-0.4, -0.2) is 28.6 Å².